The van der Waals surface area contributed by atoms with Gasteiger partial charge in [0.05, 0.1) is 27.0 Å². The van der Waals surface area contributed by atoms with Gasteiger partial charge in [0.2, 0.25) is 0 Å². The first-order chi connectivity index (χ1) is 14.4. The molecular weight excluding hydrogens is 448 g/mol. The van der Waals surface area contributed by atoms with E-state index in [4.69, 9.17) is 11.6 Å². The second-order valence-electron chi connectivity index (χ2n) is 6.55. The SMILES string of the molecule is CNCCN(C)c1cc(F)ccc1Nc1cc(F)c(SNc2ncc(C)s2)cc1Cl. The molecule has 0 bridgehead atoms. The Morgan fingerprint density at radius 1 is 1.20 bits per heavy atom. The van der Waals surface area contributed by atoms with Crippen LogP contribution in [0.5, 0.6) is 0 Å². The second-order valence-corrected chi connectivity index (χ2v) is 9.04. The Labute approximate surface area is 188 Å². The van der Waals surface area contributed by atoms with Gasteiger partial charge >= 0.3 is 0 Å². The van der Waals surface area contributed by atoms with Crippen molar-refractivity contribution in [3.8, 4) is 0 Å². The van der Waals surface area contributed by atoms with Gasteiger partial charge in [-0.15, -0.1) is 11.3 Å². The number of halogens is 3. The summed E-state index contributed by atoms with van der Waals surface area (Å²) in [6.07, 6.45) is 1.75. The highest BCUT2D eigenvalue weighted by atomic mass is 35.5. The molecule has 1 heterocycles. The molecule has 10 heteroatoms. The lowest BCUT2D eigenvalue weighted by Crippen LogP contribution is -2.27. The van der Waals surface area contributed by atoms with E-state index >= 15 is 0 Å². The predicted molar refractivity (Wildman–Crippen MR) is 125 cm³/mol. The zero-order valence-electron chi connectivity index (χ0n) is 16.7. The minimum Gasteiger partial charge on any atom is -0.372 e. The van der Waals surface area contributed by atoms with Gasteiger partial charge in [0.1, 0.15) is 11.6 Å². The Hall–Kier alpha value is -2.07. The van der Waals surface area contributed by atoms with Crippen LogP contribution in [0.25, 0.3) is 0 Å². The number of likely N-dealkylation sites (N-methyl/N-ethyl adjacent to an activating group) is 2. The van der Waals surface area contributed by atoms with Crippen molar-refractivity contribution in [3.63, 3.8) is 0 Å². The number of aryl methyl sites for hydroxylation is 1. The summed E-state index contributed by atoms with van der Waals surface area (Å²) >= 11 is 8.99. The van der Waals surface area contributed by atoms with Crippen molar-refractivity contribution in [2.75, 3.05) is 42.1 Å². The molecule has 3 N–H and O–H groups in total. The van der Waals surface area contributed by atoms with Gasteiger partial charge in [0, 0.05) is 37.3 Å². The third-order valence-corrected chi connectivity index (χ3v) is 6.33. The van der Waals surface area contributed by atoms with Crippen molar-refractivity contribution in [1.29, 1.82) is 0 Å². The summed E-state index contributed by atoms with van der Waals surface area (Å²) < 4.78 is 31.5. The monoisotopic (exact) mass is 469 g/mol. The van der Waals surface area contributed by atoms with E-state index in [0.29, 0.717) is 38.7 Å². The van der Waals surface area contributed by atoms with Gasteiger partial charge < -0.3 is 20.3 Å². The molecule has 0 aliphatic heterocycles. The van der Waals surface area contributed by atoms with E-state index in [-0.39, 0.29) is 5.82 Å². The van der Waals surface area contributed by atoms with Crippen LogP contribution >= 0.6 is 34.9 Å². The Kier molecular flexibility index (Phi) is 7.76. The lowest BCUT2D eigenvalue weighted by atomic mass is 10.2. The van der Waals surface area contributed by atoms with Crippen LogP contribution < -0.4 is 20.3 Å². The lowest BCUT2D eigenvalue weighted by molar-refractivity contribution is 0.603. The summed E-state index contributed by atoms with van der Waals surface area (Å²) in [7, 11) is 3.72. The van der Waals surface area contributed by atoms with E-state index in [1.54, 1.807) is 18.3 Å². The van der Waals surface area contributed by atoms with Gasteiger partial charge in [0.15, 0.2) is 5.13 Å². The van der Waals surface area contributed by atoms with Crippen molar-refractivity contribution in [2.24, 2.45) is 0 Å². The summed E-state index contributed by atoms with van der Waals surface area (Å²) in [5.74, 6) is -0.778. The van der Waals surface area contributed by atoms with Gasteiger partial charge in [-0.05, 0) is 50.2 Å². The van der Waals surface area contributed by atoms with Crippen molar-refractivity contribution in [3.05, 3.63) is 58.1 Å². The highest BCUT2D eigenvalue weighted by Gasteiger charge is 2.14. The molecule has 0 unspecified atom stereocenters. The Morgan fingerprint density at radius 2 is 2.00 bits per heavy atom. The first kappa shape index (κ1) is 22.6. The molecule has 0 atom stereocenters. The fourth-order valence-electron chi connectivity index (χ4n) is 2.67. The van der Waals surface area contributed by atoms with Crippen LogP contribution in [0.1, 0.15) is 4.88 Å². The summed E-state index contributed by atoms with van der Waals surface area (Å²) in [5.41, 5.74) is 1.69. The molecule has 3 rings (SSSR count). The van der Waals surface area contributed by atoms with Gasteiger partial charge in [-0.25, -0.2) is 13.8 Å². The second kappa shape index (κ2) is 10.3. The maximum absolute atomic E-state index is 14.7. The van der Waals surface area contributed by atoms with E-state index in [1.807, 2.05) is 25.9 Å². The number of rotatable bonds is 9. The fraction of sp³-hybridized carbons (Fsp3) is 0.250. The van der Waals surface area contributed by atoms with E-state index < -0.39 is 5.82 Å². The van der Waals surface area contributed by atoms with Crippen LogP contribution in [0.2, 0.25) is 5.02 Å². The lowest BCUT2D eigenvalue weighted by Gasteiger charge is -2.23. The highest BCUT2D eigenvalue weighted by molar-refractivity contribution is 8.00. The maximum Gasteiger partial charge on any atom is 0.193 e. The summed E-state index contributed by atoms with van der Waals surface area (Å²) in [6, 6.07) is 7.29. The van der Waals surface area contributed by atoms with Crippen molar-refractivity contribution < 1.29 is 8.78 Å². The summed E-state index contributed by atoms with van der Waals surface area (Å²) in [6.45, 7) is 3.36. The quantitative estimate of drug-likeness (QED) is 0.339. The average molecular weight is 470 g/mol. The summed E-state index contributed by atoms with van der Waals surface area (Å²) in [4.78, 5) is 7.51. The molecule has 5 nitrogen and oxygen atoms in total. The molecule has 0 fully saturated rings. The first-order valence-corrected chi connectivity index (χ1v) is 11.1. The predicted octanol–water partition coefficient (Wildman–Crippen LogP) is 5.90. The number of anilines is 4. The van der Waals surface area contributed by atoms with Crippen molar-refractivity contribution in [2.45, 2.75) is 11.8 Å². The van der Waals surface area contributed by atoms with Gasteiger partial charge in [-0.3, -0.25) is 0 Å². The molecule has 160 valence electrons. The van der Waals surface area contributed by atoms with Crippen LogP contribution in [0, 0.1) is 18.6 Å². The number of hydrogen-bond acceptors (Lipinski definition) is 7. The van der Waals surface area contributed by atoms with E-state index in [1.165, 1.54) is 29.5 Å². The molecule has 0 aliphatic rings. The summed E-state index contributed by atoms with van der Waals surface area (Å²) in [5, 5.41) is 7.23. The molecular formula is C20H22ClF2N5S2. The number of nitrogens with one attached hydrogen (secondary N) is 3. The number of benzene rings is 2. The Bertz CT molecular complexity index is 1010. The Morgan fingerprint density at radius 3 is 2.70 bits per heavy atom. The smallest absolute Gasteiger partial charge is 0.193 e. The minimum atomic E-state index is -0.431. The van der Waals surface area contributed by atoms with Crippen LogP contribution in [0.4, 0.5) is 31.0 Å². The van der Waals surface area contributed by atoms with Crippen molar-refractivity contribution in [1.82, 2.24) is 10.3 Å². The minimum absolute atomic E-state index is 0.348. The number of aromatic nitrogens is 1. The van der Waals surface area contributed by atoms with Crippen LogP contribution in [0.3, 0.4) is 0 Å². The Balaban J connectivity index is 1.79. The molecule has 0 saturated heterocycles. The molecule has 0 amide bonds. The average Bonchev–Trinajstić information content (AvgIpc) is 3.14. The molecule has 0 spiro atoms. The van der Waals surface area contributed by atoms with Gasteiger partial charge in [0.25, 0.3) is 0 Å². The molecule has 0 radical (unpaired) electrons. The van der Waals surface area contributed by atoms with Gasteiger partial charge in [-0.2, -0.15) is 0 Å². The topological polar surface area (TPSA) is 52.2 Å². The van der Waals surface area contributed by atoms with E-state index in [2.05, 4.69) is 20.3 Å². The molecule has 3 aromatic rings. The molecule has 0 saturated carbocycles. The largest absolute Gasteiger partial charge is 0.372 e. The normalized spacial score (nSPS) is 10.9. The van der Waals surface area contributed by atoms with Crippen LogP contribution in [-0.4, -0.2) is 32.2 Å². The molecule has 0 aliphatic carbocycles. The van der Waals surface area contributed by atoms with Crippen LogP contribution in [0.15, 0.2) is 41.4 Å². The standard InChI is InChI=1S/C20H22ClF2N5S2/c1-12-11-25-20(29-12)27-30-19-9-14(21)17(10-15(19)23)26-16-5-4-13(22)8-18(16)28(3)7-6-24-2/h4-5,8-11,24,26H,6-7H2,1-3H3,(H,25,27). The van der Waals surface area contributed by atoms with Crippen molar-refractivity contribution >= 4 is 57.1 Å². The number of hydrogen-bond donors (Lipinski definition) is 3. The fourth-order valence-corrected chi connectivity index (χ4v) is 4.34. The molecule has 2 aromatic carbocycles. The highest BCUT2D eigenvalue weighted by Crippen LogP contribution is 2.36. The molecule has 30 heavy (non-hydrogen) atoms. The maximum atomic E-state index is 14.7. The molecule has 1 aromatic heterocycles. The zero-order chi connectivity index (χ0) is 21.7. The third kappa shape index (κ3) is 5.75. The van der Waals surface area contributed by atoms with E-state index in [0.717, 1.165) is 23.4 Å². The third-order valence-electron chi connectivity index (χ3n) is 4.23. The first-order valence-electron chi connectivity index (χ1n) is 9.14. The number of thiazole rings is 1. The van der Waals surface area contributed by atoms with Crippen LogP contribution in [-0.2, 0) is 0 Å². The van der Waals surface area contributed by atoms with E-state index in [9.17, 15) is 8.78 Å². The number of nitrogens with zero attached hydrogens (tertiary/aromatic N) is 2. The zero-order valence-corrected chi connectivity index (χ0v) is 19.1. The van der Waals surface area contributed by atoms with Gasteiger partial charge in [-0.1, -0.05) is 11.6 Å².